The van der Waals surface area contributed by atoms with Gasteiger partial charge in [0.05, 0.1) is 17.6 Å². The minimum atomic E-state index is -0.187. The number of piperidine rings is 1. The fraction of sp³-hybridized carbons (Fsp3) is 0.375. The Labute approximate surface area is 176 Å². The van der Waals surface area contributed by atoms with Gasteiger partial charge in [-0.05, 0) is 37.8 Å². The summed E-state index contributed by atoms with van der Waals surface area (Å²) >= 11 is 0. The molecule has 0 N–H and O–H groups in total. The Morgan fingerprint density at radius 3 is 2.37 bits per heavy atom. The van der Waals surface area contributed by atoms with Gasteiger partial charge in [0.2, 0.25) is 5.88 Å². The molecule has 1 aliphatic heterocycles. The summed E-state index contributed by atoms with van der Waals surface area (Å²) < 4.78 is 7.49. The van der Waals surface area contributed by atoms with Gasteiger partial charge in [0.25, 0.3) is 5.56 Å². The Morgan fingerprint density at radius 2 is 1.70 bits per heavy atom. The number of nitrogens with zero attached hydrogens (tertiary/aromatic N) is 4. The number of ether oxygens (including phenoxy) is 1. The summed E-state index contributed by atoms with van der Waals surface area (Å²) in [6.45, 7) is 2.22. The van der Waals surface area contributed by atoms with E-state index < -0.39 is 0 Å². The van der Waals surface area contributed by atoms with Crippen LogP contribution in [-0.4, -0.2) is 44.9 Å². The molecule has 6 nitrogen and oxygen atoms in total. The van der Waals surface area contributed by atoms with Crippen molar-refractivity contribution >= 4 is 0 Å². The number of benzene rings is 1. The van der Waals surface area contributed by atoms with E-state index >= 15 is 0 Å². The lowest BCUT2D eigenvalue weighted by molar-refractivity contribution is 0.0475. The van der Waals surface area contributed by atoms with Crippen LogP contribution in [0.1, 0.15) is 32.1 Å². The molecule has 2 fully saturated rings. The topological polar surface area (TPSA) is 60.3 Å². The van der Waals surface area contributed by atoms with Crippen molar-refractivity contribution in [3.8, 4) is 22.8 Å². The normalized spacial score (nSPS) is 18.1. The molecule has 0 bridgehead atoms. The Balaban J connectivity index is 1.27. The first-order valence-corrected chi connectivity index (χ1v) is 10.8. The van der Waals surface area contributed by atoms with Crippen LogP contribution >= 0.6 is 0 Å². The monoisotopic (exact) mass is 402 g/mol. The fourth-order valence-corrected chi connectivity index (χ4v) is 4.21. The van der Waals surface area contributed by atoms with E-state index in [4.69, 9.17) is 4.74 Å². The summed E-state index contributed by atoms with van der Waals surface area (Å²) in [6.07, 6.45) is 8.04. The molecule has 3 heterocycles. The van der Waals surface area contributed by atoms with Crippen LogP contribution in [0.3, 0.4) is 0 Å². The van der Waals surface area contributed by atoms with E-state index in [1.807, 2.05) is 42.5 Å². The third-order valence-corrected chi connectivity index (χ3v) is 6.19. The van der Waals surface area contributed by atoms with Gasteiger partial charge < -0.3 is 9.64 Å². The van der Waals surface area contributed by atoms with Gasteiger partial charge in [-0.15, -0.1) is 0 Å². The van der Waals surface area contributed by atoms with Crippen molar-refractivity contribution < 1.29 is 4.74 Å². The molecule has 5 rings (SSSR count). The van der Waals surface area contributed by atoms with Gasteiger partial charge in [0.15, 0.2) is 0 Å². The molecule has 0 atom stereocenters. The van der Waals surface area contributed by atoms with Crippen molar-refractivity contribution in [1.82, 2.24) is 19.7 Å². The van der Waals surface area contributed by atoms with Gasteiger partial charge in [-0.1, -0.05) is 36.8 Å². The standard InChI is InChI=1S/C24H26N4O2/c29-24-12-10-22(18-5-2-1-3-6-18)26-28(24)20-9-11-23(25-17-20)30-21-13-15-27(16-14-21)19-7-4-8-19/h1-3,5-6,9-12,17,19,21H,4,7-8,13-16H2. The Hall–Kier alpha value is -2.99. The van der Waals surface area contributed by atoms with Crippen molar-refractivity contribution in [2.24, 2.45) is 0 Å². The minimum Gasteiger partial charge on any atom is -0.474 e. The highest BCUT2D eigenvalue weighted by atomic mass is 16.5. The summed E-state index contributed by atoms with van der Waals surface area (Å²) in [5.41, 5.74) is 2.15. The average molecular weight is 402 g/mol. The van der Waals surface area contributed by atoms with E-state index in [9.17, 15) is 4.79 Å². The van der Waals surface area contributed by atoms with Gasteiger partial charge >= 0.3 is 0 Å². The lowest BCUT2D eigenvalue weighted by Gasteiger charge is -2.41. The molecule has 6 heteroatoms. The Bertz CT molecular complexity index is 1040. The second kappa shape index (κ2) is 8.40. The van der Waals surface area contributed by atoms with Gasteiger partial charge in [0, 0.05) is 36.8 Å². The number of pyridine rings is 1. The van der Waals surface area contributed by atoms with Crippen LogP contribution < -0.4 is 10.3 Å². The van der Waals surface area contributed by atoms with E-state index in [0.29, 0.717) is 11.6 Å². The fourth-order valence-electron chi connectivity index (χ4n) is 4.21. The molecule has 30 heavy (non-hydrogen) atoms. The average Bonchev–Trinajstić information content (AvgIpc) is 2.76. The van der Waals surface area contributed by atoms with Crippen LogP contribution in [0, 0.1) is 0 Å². The molecule has 154 valence electrons. The zero-order chi connectivity index (χ0) is 20.3. The number of aromatic nitrogens is 3. The molecule has 1 aromatic carbocycles. The lowest BCUT2D eigenvalue weighted by Crippen LogP contribution is -2.46. The minimum absolute atomic E-state index is 0.187. The summed E-state index contributed by atoms with van der Waals surface area (Å²) in [6, 6.07) is 17.6. The highest BCUT2D eigenvalue weighted by Gasteiger charge is 2.29. The zero-order valence-corrected chi connectivity index (χ0v) is 17.0. The summed E-state index contributed by atoms with van der Waals surface area (Å²) in [4.78, 5) is 19.4. The third-order valence-electron chi connectivity index (χ3n) is 6.19. The summed E-state index contributed by atoms with van der Waals surface area (Å²) in [5, 5.41) is 4.51. The molecule has 0 spiro atoms. The van der Waals surface area contributed by atoms with Crippen molar-refractivity contribution in [3.63, 3.8) is 0 Å². The summed E-state index contributed by atoms with van der Waals surface area (Å²) in [5.74, 6) is 0.605. The number of likely N-dealkylation sites (tertiary alicyclic amines) is 1. The molecular weight excluding hydrogens is 376 g/mol. The van der Waals surface area contributed by atoms with Crippen molar-refractivity contribution in [2.45, 2.75) is 44.2 Å². The second-order valence-corrected chi connectivity index (χ2v) is 8.13. The highest BCUT2D eigenvalue weighted by Crippen LogP contribution is 2.28. The van der Waals surface area contributed by atoms with E-state index in [-0.39, 0.29) is 11.7 Å². The first-order valence-electron chi connectivity index (χ1n) is 10.8. The largest absolute Gasteiger partial charge is 0.474 e. The van der Waals surface area contributed by atoms with Crippen molar-refractivity contribution in [2.75, 3.05) is 13.1 Å². The predicted octanol–water partition coefficient (Wildman–Crippen LogP) is 3.69. The number of hydrogen-bond donors (Lipinski definition) is 0. The molecule has 2 aromatic heterocycles. The zero-order valence-electron chi connectivity index (χ0n) is 17.0. The highest BCUT2D eigenvalue weighted by molar-refractivity contribution is 5.58. The SMILES string of the molecule is O=c1ccc(-c2ccccc2)nn1-c1ccc(OC2CCN(C3CCC3)CC2)nc1. The molecule has 0 unspecified atom stereocenters. The Kier molecular flexibility index (Phi) is 5.32. The van der Waals surface area contributed by atoms with Crippen molar-refractivity contribution in [3.05, 3.63) is 71.1 Å². The van der Waals surface area contributed by atoms with Crippen LogP contribution in [0.5, 0.6) is 5.88 Å². The van der Waals surface area contributed by atoms with Crippen molar-refractivity contribution in [1.29, 1.82) is 0 Å². The van der Waals surface area contributed by atoms with Gasteiger partial charge in [-0.25, -0.2) is 4.98 Å². The molecule has 0 amide bonds. The third kappa shape index (κ3) is 4.00. The van der Waals surface area contributed by atoms with E-state index in [2.05, 4.69) is 15.0 Å². The maximum atomic E-state index is 12.4. The molecule has 0 radical (unpaired) electrons. The molecular formula is C24H26N4O2. The van der Waals surface area contributed by atoms with E-state index in [0.717, 1.165) is 43.2 Å². The number of hydrogen-bond acceptors (Lipinski definition) is 5. The van der Waals surface area contributed by atoms with Gasteiger partial charge in [-0.2, -0.15) is 9.78 Å². The predicted molar refractivity (Wildman–Crippen MR) is 116 cm³/mol. The smallest absolute Gasteiger partial charge is 0.271 e. The first kappa shape index (κ1) is 19.0. The molecule has 1 saturated carbocycles. The maximum Gasteiger partial charge on any atom is 0.271 e. The summed E-state index contributed by atoms with van der Waals surface area (Å²) in [7, 11) is 0. The van der Waals surface area contributed by atoms with Gasteiger partial charge in [0.1, 0.15) is 6.10 Å². The molecule has 3 aromatic rings. The quantitative estimate of drug-likeness (QED) is 0.651. The Morgan fingerprint density at radius 1 is 0.900 bits per heavy atom. The first-order chi connectivity index (χ1) is 14.8. The van der Waals surface area contributed by atoms with Crippen LogP contribution in [0.25, 0.3) is 16.9 Å². The molecule has 2 aliphatic rings. The maximum absolute atomic E-state index is 12.4. The lowest BCUT2D eigenvalue weighted by atomic mass is 9.90. The van der Waals surface area contributed by atoms with Crippen LogP contribution in [0.4, 0.5) is 0 Å². The second-order valence-electron chi connectivity index (χ2n) is 8.13. The van der Waals surface area contributed by atoms with Crippen LogP contribution in [-0.2, 0) is 0 Å². The van der Waals surface area contributed by atoms with Crippen LogP contribution in [0.2, 0.25) is 0 Å². The molecule has 1 aliphatic carbocycles. The van der Waals surface area contributed by atoms with E-state index in [1.54, 1.807) is 12.3 Å². The van der Waals surface area contributed by atoms with Gasteiger partial charge in [-0.3, -0.25) is 4.79 Å². The molecule has 1 saturated heterocycles. The van der Waals surface area contributed by atoms with E-state index in [1.165, 1.54) is 30.0 Å². The van der Waals surface area contributed by atoms with Crippen LogP contribution in [0.15, 0.2) is 65.6 Å². The number of rotatable bonds is 5.